The first-order chi connectivity index (χ1) is 7.34. The maximum Gasteiger partial charge on any atom is 0.168 e. The predicted molar refractivity (Wildman–Crippen MR) is 59.7 cm³/mol. The Hall–Kier alpha value is -1.96. The minimum absolute atomic E-state index is 0.158. The van der Waals surface area contributed by atoms with Crippen LogP contribution in [0, 0.1) is 0 Å². The van der Waals surface area contributed by atoms with Crippen molar-refractivity contribution >= 4 is 22.8 Å². The number of allylic oxidation sites excluding steroid dienone is 1. The van der Waals surface area contributed by atoms with Crippen LogP contribution in [0.2, 0.25) is 0 Å². The van der Waals surface area contributed by atoms with E-state index in [1.165, 1.54) is 0 Å². The molecule has 3 rings (SSSR count). The van der Waals surface area contributed by atoms with Gasteiger partial charge in [-0.05, 0) is 18.2 Å². The Bertz CT molecular complexity index is 584. The van der Waals surface area contributed by atoms with Crippen molar-refractivity contribution in [2.24, 2.45) is 0 Å². The van der Waals surface area contributed by atoms with Gasteiger partial charge in [0.2, 0.25) is 0 Å². The lowest BCUT2D eigenvalue weighted by Crippen LogP contribution is -2.06. The SMILES string of the molecule is O=C1CC=Cc2nc3ccccc3cc21. The normalized spacial score (nSPS) is 14.3. The number of benzene rings is 1. The van der Waals surface area contributed by atoms with Crippen LogP contribution >= 0.6 is 0 Å². The van der Waals surface area contributed by atoms with Crippen LogP contribution in [-0.4, -0.2) is 10.8 Å². The van der Waals surface area contributed by atoms with E-state index >= 15 is 0 Å². The second kappa shape index (κ2) is 3.02. The van der Waals surface area contributed by atoms with Crippen molar-refractivity contribution < 1.29 is 4.79 Å². The molecule has 0 N–H and O–H groups in total. The van der Waals surface area contributed by atoms with Gasteiger partial charge in [-0.1, -0.05) is 24.3 Å². The van der Waals surface area contributed by atoms with Gasteiger partial charge >= 0.3 is 0 Å². The summed E-state index contributed by atoms with van der Waals surface area (Å²) in [7, 11) is 0. The number of para-hydroxylation sites is 1. The number of fused-ring (bicyclic) bond motifs is 2. The van der Waals surface area contributed by atoms with Crippen LogP contribution in [0.25, 0.3) is 17.0 Å². The lowest BCUT2D eigenvalue weighted by molar-refractivity contribution is 0.0994. The smallest absolute Gasteiger partial charge is 0.168 e. The van der Waals surface area contributed by atoms with Crippen LogP contribution in [0.5, 0.6) is 0 Å². The fourth-order valence-corrected chi connectivity index (χ4v) is 1.87. The Morgan fingerprint density at radius 1 is 1.20 bits per heavy atom. The first-order valence-electron chi connectivity index (χ1n) is 4.94. The summed E-state index contributed by atoms with van der Waals surface area (Å²) in [5, 5.41) is 1.03. The van der Waals surface area contributed by atoms with Gasteiger partial charge in [-0.25, -0.2) is 4.98 Å². The Morgan fingerprint density at radius 3 is 3.00 bits per heavy atom. The van der Waals surface area contributed by atoms with Crippen molar-refractivity contribution in [1.29, 1.82) is 0 Å². The fraction of sp³-hybridized carbons (Fsp3) is 0.0769. The number of carbonyl (C=O) groups is 1. The molecule has 15 heavy (non-hydrogen) atoms. The van der Waals surface area contributed by atoms with Gasteiger partial charge < -0.3 is 0 Å². The molecule has 0 atom stereocenters. The molecule has 0 bridgehead atoms. The Labute approximate surface area is 87.3 Å². The highest BCUT2D eigenvalue weighted by Gasteiger charge is 2.14. The van der Waals surface area contributed by atoms with Crippen LogP contribution in [0.1, 0.15) is 22.5 Å². The maximum absolute atomic E-state index is 11.6. The summed E-state index contributed by atoms with van der Waals surface area (Å²) in [5.41, 5.74) is 2.48. The molecule has 1 aromatic carbocycles. The molecule has 0 aliphatic heterocycles. The number of hydrogen-bond acceptors (Lipinski definition) is 2. The predicted octanol–water partition coefficient (Wildman–Crippen LogP) is 2.83. The summed E-state index contributed by atoms with van der Waals surface area (Å²) in [4.78, 5) is 16.1. The summed E-state index contributed by atoms with van der Waals surface area (Å²) in [6, 6.07) is 9.79. The highest BCUT2D eigenvalue weighted by molar-refractivity contribution is 6.04. The number of hydrogen-bond donors (Lipinski definition) is 0. The largest absolute Gasteiger partial charge is 0.294 e. The molecule has 0 amide bonds. The first-order valence-corrected chi connectivity index (χ1v) is 4.94. The quantitative estimate of drug-likeness (QED) is 0.647. The highest BCUT2D eigenvalue weighted by Crippen LogP contribution is 2.22. The molecule has 1 aromatic heterocycles. The standard InChI is InChI=1S/C13H9NO/c15-13-7-3-6-12-10(13)8-9-4-1-2-5-11(9)14-12/h1-6,8H,7H2. The molecule has 0 saturated carbocycles. The van der Waals surface area contributed by atoms with Crippen LogP contribution in [0.3, 0.4) is 0 Å². The molecule has 72 valence electrons. The van der Waals surface area contributed by atoms with Gasteiger partial charge in [-0.3, -0.25) is 4.79 Å². The van der Waals surface area contributed by atoms with Gasteiger partial charge in [0.15, 0.2) is 5.78 Å². The summed E-state index contributed by atoms with van der Waals surface area (Å²) in [5.74, 6) is 0.158. The zero-order valence-corrected chi connectivity index (χ0v) is 8.10. The van der Waals surface area contributed by atoms with Crippen LogP contribution < -0.4 is 0 Å². The Balaban J connectivity index is 2.38. The zero-order chi connectivity index (χ0) is 10.3. The molecule has 0 fully saturated rings. The molecule has 2 nitrogen and oxygen atoms in total. The minimum atomic E-state index is 0.158. The number of Topliss-reactive ketones (excluding diaryl/α,β-unsaturated/α-hetero) is 1. The number of pyridine rings is 1. The molecule has 2 heteroatoms. The van der Waals surface area contributed by atoms with Crippen molar-refractivity contribution in [2.75, 3.05) is 0 Å². The summed E-state index contributed by atoms with van der Waals surface area (Å²) < 4.78 is 0. The molecular weight excluding hydrogens is 186 g/mol. The van der Waals surface area contributed by atoms with E-state index in [9.17, 15) is 4.79 Å². The van der Waals surface area contributed by atoms with Gasteiger partial charge in [0.05, 0.1) is 11.2 Å². The second-order valence-corrected chi connectivity index (χ2v) is 3.64. The molecule has 0 radical (unpaired) electrons. The number of nitrogens with zero attached hydrogens (tertiary/aromatic N) is 1. The monoisotopic (exact) mass is 195 g/mol. The van der Waals surface area contributed by atoms with Gasteiger partial charge in [0, 0.05) is 17.4 Å². The van der Waals surface area contributed by atoms with E-state index in [1.807, 2.05) is 42.5 Å². The van der Waals surface area contributed by atoms with Crippen molar-refractivity contribution in [1.82, 2.24) is 4.98 Å². The Morgan fingerprint density at radius 2 is 2.07 bits per heavy atom. The van der Waals surface area contributed by atoms with E-state index in [1.54, 1.807) is 0 Å². The maximum atomic E-state index is 11.6. The van der Waals surface area contributed by atoms with Gasteiger partial charge in [0.25, 0.3) is 0 Å². The van der Waals surface area contributed by atoms with Crippen molar-refractivity contribution in [3.05, 3.63) is 47.7 Å². The fourth-order valence-electron chi connectivity index (χ4n) is 1.87. The number of ketones is 1. The minimum Gasteiger partial charge on any atom is -0.294 e. The topological polar surface area (TPSA) is 30.0 Å². The van der Waals surface area contributed by atoms with Crippen LogP contribution in [0.15, 0.2) is 36.4 Å². The summed E-state index contributed by atoms with van der Waals surface area (Å²) in [6.45, 7) is 0. The second-order valence-electron chi connectivity index (χ2n) is 3.64. The first kappa shape index (κ1) is 8.36. The third-order valence-electron chi connectivity index (χ3n) is 2.63. The van der Waals surface area contributed by atoms with E-state index in [4.69, 9.17) is 0 Å². The van der Waals surface area contributed by atoms with Crippen molar-refractivity contribution in [3.8, 4) is 0 Å². The highest BCUT2D eigenvalue weighted by atomic mass is 16.1. The third-order valence-corrected chi connectivity index (χ3v) is 2.63. The van der Waals surface area contributed by atoms with E-state index in [0.29, 0.717) is 6.42 Å². The molecular formula is C13H9NO. The van der Waals surface area contributed by atoms with Crippen LogP contribution in [0.4, 0.5) is 0 Å². The van der Waals surface area contributed by atoms with Gasteiger partial charge in [-0.2, -0.15) is 0 Å². The molecule has 0 unspecified atom stereocenters. The Kier molecular flexibility index (Phi) is 1.68. The lowest BCUT2D eigenvalue weighted by atomic mass is 9.99. The van der Waals surface area contributed by atoms with Crippen molar-refractivity contribution in [2.45, 2.75) is 6.42 Å². The van der Waals surface area contributed by atoms with E-state index in [-0.39, 0.29) is 5.78 Å². The molecule has 0 saturated heterocycles. The van der Waals surface area contributed by atoms with Gasteiger partial charge in [-0.15, -0.1) is 0 Å². The van der Waals surface area contributed by atoms with Crippen molar-refractivity contribution in [3.63, 3.8) is 0 Å². The van der Waals surface area contributed by atoms with E-state index in [0.717, 1.165) is 22.2 Å². The molecule has 1 aliphatic carbocycles. The summed E-state index contributed by atoms with van der Waals surface area (Å²) in [6.07, 6.45) is 4.28. The lowest BCUT2D eigenvalue weighted by Gasteiger charge is -2.09. The number of aromatic nitrogens is 1. The summed E-state index contributed by atoms with van der Waals surface area (Å²) >= 11 is 0. The number of rotatable bonds is 0. The zero-order valence-electron chi connectivity index (χ0n) is 8.10. The molecule has 1 heterocycles. The van der Waals surface area contributed by atoms with E-state index in [2.05, 4.69) is 4.98 Å². The van der Waals surface area contributed by atoms with Gasteiger partial charge in [0.1, 0.15) is 0 Å². The molecule has 0 spiro atoms. The average molecular weight is 195 g/mol. The molecule has 2 aromatic rings. The third kappa shape index (κ3) is 1.26. The van der Waals surface area contributed by atoms with E-state index < -0.39 is 0 Å². The van der Waals surface area contributed by atoms with Crippen LogP contribution in [-0.2, 0) is 0 Å². The number of carbonyl (C=O) groups excluding carboxylic acids is 1. The molecule has 1 aliphatic rings. The average Bonchev–Trinajstić information content (AvgIpc) is 2.27.